The molecule has 0 saturated carbocycles. The summed E-state index contributed by atoms with van der Waals surface area (Å²) in [6.07, 6.45) is 11.5. The normalized spacial score (nSPS) is 21.3. The molecule has 1 unspecified atom stereocenters. The van der Waals surface area contributed by atoms with Gasteiger partial charge < -0.3 is 0 Å². The van der Waals surface area contributed by atoms with Gasteiger partial charge in [-0.2, -0.15) is 0 Å². The Kier molecular flexibility index (Phi) is 3.88. The maximum Gasteiger partial charge on any atom is 0.240 e. The molecule has 6 nitrogen and oxygen atoms in total. The lowest BCUT2D eigenvalue weighted by Crippen LogP contribution is -2.32. The van der Waals surface area contributed by atoms with E-state index in [0.717, 1.165) is 29.1 Å². The Labute approximate surface area is 156 Å². The molecule has 0 radical (unpaired) electrons. The number of halogens is 1. The molecule has 1 atom stereocenters. The van der Waals surface area contributed by atoms with Crippen molar-refractivity contribution in [1.82, 2.24) is 19.9 Å². The van der Waals surface area contributed by atoms with Crippen LogP contribution in [0.1, 0.15) is 31.7 Å². The average Bonchev–Trinajstić information content (AvgIpc) is 2.83. The van der Waals surface area contributed by atoms with Gasteiger partial charge in [0.05, 0.1) is 22.8 Å². The molecule has 7 heteroatoms. The third-order valence-electron chi connectivity index (χ3n) is 5.04. The van der Waals surface area contributed by atoms with Gasteiger partial charge in [-0.25, -0.2) is 19.9 Å². The van der Waals surface area contributed by atoms with E-state index < -0.39 is 5.41 Å². The summed E-state index contributed by atoms with van der Waals surface area (Å²) < 4.78 is 0. The van der Waals surface area contributed by atoms with Crippen molar-refractivity contribution in [2.24, 2.45) is 11.3 Å². The second-order valence-electron chi connectivity index (χ2n) is 7.10. The van der Waals surface area contributed by atoms with Crippen LogP contribution < -0.4 is 4.90 Å². The van der Waals surface area contributed by atoms with Crippen LogP contribution in [0.3, 0.4) is 0 Å². The van der Waals surface area contributed by atoms with E-state index in [0.29, 0.717) is 11.0 Å². The summed E-state index contributed by atoms with van der Waals surface area (Å²) in [5.74, 6) is 1.14. The predicted octanol–water partition coefficient (Wildman–Crippen LogP) is 3.59. The number of aryl methyl sites for hydroxylation is 1. The van der Waals surface area contributed by atoms with Crippen molar-refractivity contribution < 1.29 is 4.79 Å². The molecule has 0 bridgehead atoms. The van der Waals surface area contributed by atoms with Gasteiger partial charge in [0.25, 0.3) is 0 Å². The lowest BCUT2D eigenvalue weighted by Gasteiger charge is -2.25. The first-order valence-corrected chi connectivity index (χ1v) is 8.78. The molecule has 1 amide bonds. The second kappa shape index (κ2) is 5.99. The van der Waals surface area contributed by atoms with Crippen molar-refractivity contribution in [1.29, 1.82) is 0 Å². The number of carbonyl (C=O) groups excluding carboxylic acids is 1. The zero-order valence-electron chi connectivity index (χ0n) is 14.8. The smallest absolute Gasteiger partial charge is 0.240 e. The Balaban J connectivity index is 1.79. The van der Waals surface area contributed by atoms with Gasteiger partial charge in [-0.05, 0) is 25.0 Å². The summed E-state index contributed by atoms with van der Waals surface area (Å²) in [6.45, 7) is 5.79. The molecule has 1 aliphatic heterocycles. The van der Waals surface area contributed by atoms with Crippen LogP contribution in [-0.4, -0.2) is 25.8 Å². The van der Waals surface area contributed by atoms with Crippen LogP contribution in [0, 0.1) is 18.3 Å². The highest BCUT2D eigenvalue weighted by Gasteiger charge is 2.52. The van der Waals surface area contributed by atoms with Crippen LogP contribution in [0.25, 0.3) is 5.57 Å². The van der Waals surface area contributed by atoms with Gasteiger partial charge in [-0.3, -0.25) is 9.69 Å². The molecule has 2 aromatic rings. The molecule has 1 fully saturated rings. The van der Waals surface area contributed by atoms with Crippen LogP contribution in [0.4, 0.5) is 5.95 Å². The number of rotatable bonds is 2. The molecule has 0 aromatic carbocycles. The molecule has 26 heavy (non-hydrogen) atoms. The number of anilines is 1. The van der Waals surface area contributed by atoms with E-state index >= 15 is 0 Å². The molecule has 2 aliphatic rings. The third kappa shape index (κ3) is 2.61. The molecule has 2 aromatic heterocycles. The molecule has 0 N–H and O–H groups in total. The topological polar surface area (TPSA) is 71.9 Å². The van der Waals surface area contributed by atoms with Crippen molar-refractivity contribution in [3.05, 3.63) is 59.0 Å². The minimum atomic E-state index is -0.527. The summed E-state index contributed by atoms with van der Waals surface area (Å²) in [5, 5.41) is 0.436. The van der Waals surface area contributed by atoms with Crippen molar-refractivity contribution in [3.8, 4) is 0 Å². The zero-order chi connectivity index (χ0) is 18.5. The van der Waals surface area contributed by atoms with Crippen LogP contribution in [0.2, 0.25) is 5.02 Å². The molecule has 3 heterocycles. The van der Waals surface area contributed by atoms with E-state index in [2.05, 4.69) is 26.0 Å². The number of carbonyl (C=O) groups is 1. The number of hydrogen-bond acceptors (Lipinski definition) is 5. The van der Waals surface area contributed by atoms with Crippen molar-refractivity contribution in [3.63, 3.8) is 0 Å². The van der Waals surface area contributed by atoms with E-state index in [1.807, 2.05) is 26.8 Å². The maximum absolute atomic E-state index is 13.1. The van der Waals surface area contributed by atoms with E-state index in [1.165, 1.54) is 12.4 Å². The molecule has 0 spiro atoms. The highest BCUT2D eigenvalue weighted by molar-refractivity contribution is 6.30. The number of nitrogens with zero attached hydrogens (tertiary/aromatic N) is 5. The van der Waals surface area contributed by atoms with Gasteiger partial charge in [0.1, 0.15) is 5.82 Å². The Morgan fingerprint density at radius 1 is 1.12 bits per heavy atom. The SMILES string of the molecule is Cc1ncc(C2=CCC3C(=C2)N(c2ncc(Cl)cn2)C(=O)C3(C)C)cn1. The zero-order valence-corrected chi connectivity index (χ0v) is 15.5. The summed E-state index contributed by atoms with van der Waals surface area (Å²) in [5.41, 5.74) is 2.30. The Hall–Kier alpha value is -2.60. The van der Waals surface area contributed by atoms with E-state index in [9.17, 15) is 4.79 Å². The van der Waals surface area contributed by atoms with Gasteiger partial charge in [-0.15, -0.1) is 0 Å². The molecule has 132 valence electrons. The van der Waals surface area contributed by atoms with Gasteiger partial charge in [-0.1, -0.05) is 31.5 Å². The Bertz CT molecular complexity index is 931. The van der Waals surface area contributed by atoms with Crippen LogP contribution in [-0.2, 0) is 4.79 Å². The molecule has 1 saturated heterocycles. The number of allylic oxidation sites excluding steroid dienone is 4. The highest BCUT2D eigenvalue weighted by Crippen LogP contribution is 2.49. The minimum absolute atomic E-state index is 0.00845. The van der Waals surface area contributed by atoms with Crippen molar-refractivity contribution in [2.75, 3.05) is 4.90 Å². The summed E-state index contributed by atoms with van der Waals surface area (Å²) in [6, 6.07) is 0. The Morgan fingerprint density at radius 3 is 2.42 bits per heavy atom. The van der Waals surface area contributed by atoms with Gasteiger partial charge in [0.15, 0.2) is 0 Å². The fraction of sp³-hybridized carbons (Fsp3) is 0.316. The lowest BCUT2D eigenvalue weighted by atomic mass is 9.75. The maximum atomic E-state index is 13.1. The van der Waals surface area contributed by atoms with Crippen LogP contribution in [0.5, 0.6) is 0 Å². The average molecular weight is 368 g/mol. The first-order valence-electron chi connectivity index (χ1n) is 8.41. The molecular weight excluding hydrogens is 350 g/mol. The predicted molar refractivity (Wildman–Crippen MR) is 99.2 cm³/mol. The first kappa shape index (κ1) is 16.8. The standard InChI is InChI=1S/C19H18ClN5O/c1-11-21-7-13(8-22-11)12-4-5-15-16(6-12)25(17(26)19(15,2)3)18-23-9-14(20)10-24-18/h4,6-10,15H,5H2,1-3H3. The fourth-order valence-electron chi connectivity index (χ4n) is 3.49. The van der Waals surface area contributed by atoms with Crippen LogP contribution >= 0.6 is 11.6 Å². The quantitative estimate of drug-likeness (QED) is 0.811. The largest absolute Gasteiger partial charge is 0.273 e. The van der Waals surface area contributed by atoms with Crippen LogP contribution in [0.15, 0.2) is 42.6 Å². The van der Waals surface area contributed by atoms with E-state index in [-0.39, 0.29) is 11.8 Å². The number of fused-ring (bicyclic) bond motifs is 1. The monoisotopic (exact) mass is 367 g/mol. The van der Waals surface area contributed by atoms with Gasteiger partial charge in [0, 0.05) is 29.6 Å². The summed E-state index contributed by atoms with van der Waals surface area (Å²) in [4.78, 5) is 31.8. The summed E-state index contributed by atoms with van der Waals surface area (Å²) in [7, 11) is 0. The second-order valence-corrected chi connectivity index (χ2v) is 7.54. The number of hydrogen-bond donors (Lipinski definition) is 0. The summed E-state index contributed by atoms with van der Waals surface area (Å²) >= 11 is 5.90. The molecule has 4 rings (SSSR count). The lowest BCUT2D eigenvalue weighted by molar-refractivity contribution is -0.125. The number of amides is 1. The first-order chi connectivity index (χ1) is 12.4. The Morgan fingerprint density at radius 2 is 1.77 bits per heavy atom. The molecule has 1 aliphatic carbocycles. The fourth-order valence-corrected chi connectivity index (χ4v) is 3.59. The van der Waals surface area contributed by atoms with Crippen molar-refractivity contribution >= 4 is 29.0 Å². The third-order valence-corrected chi connectivity index (χ3v) is 5.23. The van der Waals surface area contributed by atoms with E-state index in [4.69, 9.17) is 11.6 Å². The van der Waals surface area contributed by atoms with Crippen molar-refractivity contribution in [2.45, 2.75) is 27.2 Å². The molecular formula is C19H18ClN5O. The van der Waals surface area contributed by atoms with E-state index in [1.54, 1.807) is 17.3 Å². The number of aromatic nitrogens is 4. The minimum Gasteiger partial charge on any atom is -0.273 e. The van der Waals surface area contributed by atoms with Gasteiger partial charge in [0.2, 0.25) is 11.9 Å². The highest BCUT2D eigenvalue weighted by atomic mass is 35.5. The van der Waals surface area contributed by atoms with Gasteiger partial charge >= 0.3 is 0 Å².